The number of aromatic nitrogens is 2. The van der Waals surface area contributed by atoms with Gasteiger partial charge < -0.3 is 4.90 Å². The lowest BCUT2D eigenvalue weighted by atomic mass is 10.0. The normalized spacial score (nSPS) is 14.2. The summed E-state index contributed by atoms with van der Waals surface area (Å²) >= 11 is 3.00. The zero-order valence-electron chi connectivity index (χ0n) is 11.2. The molecule has 2 aromatic rings. The molecule has 0 aliphatic carbocycles. The third kappa shape index (κ3) is 2.86. The fourth-order valence-electron chi connectivity index (χ4n) is 2.33. The Hall–Kier alpha value is -1.40. The van der Waals surface area contributed by atoms with Crippen LogP contribution in [0, 0.1) is 6.92 Å². The van der Waals surface area contributed by atoms with Crippen LogP contribution in [0.25, 0.3) is 0 Å². The smallest absolute Gasteiger partial charge is 0.237 e. The van der Waals surface area contributed by atoms with E-state index in [0.717, 1.165) is 34.4 Å². The maximum atomic E-state index is 12.4. The van der Waals surface area contributed by atoms with E-state index in [1.54, 1.807) is 0 Å². The molecule has 0 saturated heterocycles. The lowest BCUT2D eigenvalue weighted by molar-refractivity contribution is -0.116. The van der Waals surface area contributed by atoms with E-state index < -0.39 is 0 Å². The van der Waals surface area contributed by atoms with E-state index in [-0.39, 0.29) is 5.91 Å². The molecule has 0 saturated carbocycles. The molecule has 0 spiro atoms. The largest absolute Gasteiger partial charge is 0.311 e. The second-order valence-electron chi connectivity index (χ2n) is 4.65. The SMILES string of the molecule is Cc1nnc(SCC(=O)N2CCCc3ccccc32)s1. The van der Waals surface area contributed by atoms with E-state index in [1.165, 1.54) is 28.7 Å². The van der Waals surface area contributed by atoms with Gasteiger partial charge in [-0.15, -0.1) is 10.2 Å². The predicted octanol–water partition coefficient (Wildman–Crippen LogP) is 2.92. The molecule has 6 heteroatoms. The molecule has 20 heavy (non-hydrogen) atoms. The van der Waals surface area contributed by atoms with Crippen LogP contribution in [0.4, 0.5) is 5.69 Å². The molecular weight excluding hydrogens is 290 g/mol. The van der Waals surface area contributed by atoms with E-state index >= 15 is 0 Å². The minimum Gasteiger partial charge on any atom is -0.311 e. The molecule has 0 bridgehead atoms. The van der Waals surface area contributed by atoms with E-state index in [2.05, 4.69) is 16.3 Å². The van der Waals surface area contributed by atoms with Crippen molar-refractivity contribution >= 4 is 34.7 Å². The van der Waals surface area contributed by atoms with Crippen LogP contribution < -0.4 is 4.90 Å². The molecule has 3 rings (SSSR count). The first-order valence-corrected chi connectivity index (χ1v) is 8.35. The van der Waals surface area contributed by atoms with Gasteiger partial charge in [0.25, 0.3) is 0 Å². The molecule has 2 heterocycles. The number of aryl methyl sites for hydroxylation is 2. The number of carbonyl (C=O) groups is 1. The first-order chi connectivity index (χ1) is 9.74. The minimum atomic E-state index is 0.148. The van der Waals surface area contributed by atoms with Crippen LogP contribution in [0.15, 0.2) is 28.6 Å². The Labute approximate surface area is 126 Å². The highest BCUT2D eigenvalue weighted by Gasteiger charge is 2.22. The summed E-state index contributed by atoms with van der Waals surface area (Å²) in [4.78, 5) is 14.3. The number of para-hydroxylation sites is 1. The van der Waals surface area contributed by atoms with Gasteiger partial charge in [-0.25, -0.2) is 0 Å². The summed E-state index contributed by atoms with van der Waals surface area (Å²) in [6.45, 7) is 2.73. The number of amides is 1. The number of rotatable bonds is 3. The van der Waals surface area contributed by atoms with Gasteiger partial charge >= 0.3 is 0 Å². The van der Waals surface area contributed by atoms with Crippen LogP contribution in [0.3, 0.4) is 0 Å². The zero-order valence-corrected chi connectivity index (χ0v) is 12.8. The number of hydrogen-bond donors (Lipinski definition) is 0. The van der Waals surface area contributed by atoms with Gasteiger partial charge in [0.15, 0.2) is 4.34 Å². The molecule has 0 fully saturated rings. The zero-order chi connectivity index (χ0) is 13.9. The molecule has 1 aromatic carbocycles. The lowest BCUT2D eigenvalue weighted by Crippen LogP contribution is -2.36. The summed E-state index contributed by atoms with van der Waals surface area (Å²) in [7, 11) is 0. The van der Waals surface area contributed by atoms with Crippen molar-refractivity contribution in [2.24, 2.45) is 0 Å². The average Bonchev–Trinajstić information content (AvgIpc) is 2.90. The Morgan fingerprint density at radius 1 is 1.40 bits per heavy atom. The van der Waals surface area contributed by atoms with Crippen LogP contribution in [0.5, 0.6) is 0 Å². The topological polar surface area (TPSA) is 46.1 Å². The predicted molar refractivity (Wildman–Crippen MR) is 82.5 cm³/mol. The summed E-state index contributed by atoms with van der Waals surface area (Å²) in [5.41, 5.74) is 2.33. The summed E-state index contributed by atoms with van der Waals surface area (Å²) in [5.74, 6) is 0.568. The Bertz CT molecular complexity index is 626. The fraction of sp³-hybridized carbons (Fsp3) is 0.357. The molecule has 1 aromatic heterocycles. The lowest BCUT2D eigenvalue weighted by Gasteiger charge is -2.29. The molecule has 1 amide bonds. The first-order valence-electron chi connectivity index (χ1n) is 6.55. The molecule has 0 atom stereocenters. The third-order valence-electron chi connectivity index (χ3n) is 3.24. The number of anilines is 1. The Kier molecular flexibility index (Phi) is 4.03. The van der Waals surface area contributed by atoms with Crippen LogP contribution in [-0.4, -0.2) is 28.4 Å². The summed E-state index contributed by atoms with van der Waals surface area (Å²) < 4.78 is 0.862. The van der Waals surface area contributed by atoms with Crippen molar-refractivity contribution < 1.29 is 4.79 Å². The van der Waals surface area contributed by atoms with Gasteiger partial charge in [0.05, 0.1) is 5.75 Å². The molecular formula is C14H15N3OS2. The van der Waals surface area contributed by atoms with Crippen molar-refractivity contribution in [2.45, 2.75) is 24.1 Å². The Morgan fingerprint density at radius 2 is 2.25 bits per heavy atom. The molecule has 1 aliphatic heterocycles. The van der Waals surface area contributed by atoms with Gasteiger partial charge in [0.1, 0.15) is 5.01 Å². The van der Waals surface area contributed by atoms with Gasteiger partial charge in [0, 0.05) is 12.2 Å². The van der Waals surface area contributed by atoms with Crippen molar-refractivity contribution in [1.29, 1.82) is 0 Å². The molecule has 1 aliphatic rings. The molecule has 0 N–H and O–H groups in total. The maximum absolute atomic E-state index is 12.4. The van der Waals surface area contributed by atoms with Crippen molar-refractivity contribution in [1.82, 2.24) is 10.2 Å². The van der Waals surface area contributed by atoms with Gasteiger partial charge in [-0.3, -0.25) is 4.79 Å². The van der Waals surface area contributed by atoms with Crippen molar-refractivity contribution in [2.75, 3.05) is 17.2 Å². The first kappa shape index (κ1) is 13.6. The van der Waals surface area contributed by atoms with Crippen LogP contribution >= 0.6 is 23.1 Å². The van der Waals surface area contributed by atoms with Gasteiger partial charge in [-0.1, -0.05) is 41.3 Å². The van der Waals surface area contributed by atoms with Crippen LogP contribution in [0.1, 0.15) is 17.0 Å². The maximum Gasteiger partial charge on any atom is 0.237 e. The third-order valence-corrected chi connectivity index (χ3v) is 5.19. The second kappa shape index (κ2) is 5.93. The molecule has 0 unspecified atom stereocenters. The quantitative estimate of drug-likeness (QED) is 0.818. The highest BCUT2D eigenvalue weighted by Crippen LogP contribution is 2.28. The number of benzene rings is 1. The molecule has 0 radical (unpaired) electrons. The standard InChI is InChI=1S/C14H15N3OS2/c1-10-15-16-14(20-10)19-9-13(18)17-8-4-6-11-5-2-3-7-12(11)17/h2-3,5,7H,4,6,8-9H2,1H3. The Morgan fingerprint density at radius 3 is 3.05 bits per heavy atom. The second-order valence-corrected chi connectivity index (χ2v) is 7.06. The van der Waals surface area contributed by atoms with E-state index in [0.29, 0.717) is 5.75 Å². The highest BCUT2D eigenvalue weighted by molar-refractivity contribution is 8.01. The van der Waals surface area contributed by atoms with Gasteiger partial charge in [0.2, 0.25) is 5.91 Å². The number of fused-ring (bicyclic) bond motifs is 1. The van der Waals surface area contributed by atoms with Gasteiger partial charge in [-0.2, -0.15) is 0 Å². The number of nitrogens with zero attached hydrogens (tertiary/aromatic N) is 3. The minimum absolute atomic E-state index is 0.148. The molecule has 4 nitrogen and oxygen atoms in total. The summed E-state index contributed by atoms with van der Waals surface area (Å²) in [6.07, 6.45) is 2.09. The summed E-state index contributed by atoms with van der Waals surface area (Å²) in [6, 6.07) is 8.17. The van der Waals surface area contributed by atoms with Crippen molar-refractivity contribution in [3.8, 4) is 0 Å². The van der Waals surface area contributed by atoms with Crippen molar-refractivity contribution in [3.05, 3.63) is 34.8 Å². The van der Waals surface area contributed by atoms with Crippen LogP contribution in [0.2, 0.25) is 0 Å². The fourth-order valence-corrected chi connectivity index (χ4v) is 4.02. The van der Waals surface area contributed by atoms with Gasteiger partial charge in [-0.05, 0) is 31.4 Å². The monoisotopic (exact) mass is 305 g/mol. The number of hydrogen-bond acceptors (Lipinski definition) is 5. The average molecular weight is 305 g/mol. The van der Waals surface area contributed by atoms with E-state index in [1.807, 2.05) is 30.0 Å². The van der Waals surface area contributed by atoms with E-state index in [9.17, 15) is 4.79 Å². The number of thioether (sulfide) groups is 1. The van der Waals surface area contributed by atoms with E-state index in [4.69, 9.17) is 0 Å². The highest BCUT2D eigenvalue weighted by atomic mass is 32.2. The summed E-state index contributed by atoms with van der Waals surface area (Å²) in [5, 5.41) is 8.94. The Balaban J connectivity index is 1.69. The number of carbonyl (C=O) groups excluding carboxylic acids is 1. The van der Waals surface area contributed by atoms with Crippen molar-refractivity contribution in [3.63, 3.8) is 0 Å². The van der Waals surface area contributed by atoms with Crippen LogP contribution in [-0.2, 0) is 11.2 Å². The molecule has 104 valence electrons.